The monoisotopic (exact) mass is 1690 g/mol. The molecule has 1 aromatic carbocycles. The van der Waals surface area contributed by atoms with Gasteiger partial charge in [0.2, 0.25) is 0 Å². The predicted octanol–water partition coefficient (Wildman–Crippen LogP) is 15.3. The minimum Gasteiger partial charge on any atom is -0.460 e. The molecule has 120 heavy (non-hydrogen) atoms. The second kappa shape index (κ2) is 49.2. The zero-order chi connectivity index (χ0) is 83.6. The summed E-state index contributed by atoms with van der Waals surface area (Å²) in [6.07, 6.45) is 72.4. The number of ether oxygens (including phenoxy) is 6. The summed E-state index contributed by atoms with van der Waals surface area (Å²) in [5.74, 6) is 0.419. The first kappa shape index (κ1) is 93.4. The Labute approximate surface area is 729 Å². The lowest BCUT2D eigenvalue weighted by Gasteiger charge is -2.50. The number of aliphatic hydroxyl groups excluding tert-OH is 3. The van der Waals surface area contributed by atoms with Gasteiger partial charge in [0.1, 0.15) is 25.3 Å². The normalized spacial score (nSPS) is 26.3. The largest absolute Gasteiger partial charge is 0.460 e. The lowest BCUT2D eigenvalue weighted by Crippen LogP contribution is -2.53. The maximum atomic E-state index is 13.0. The summed E-state index contributed by atoms with van der Waals surface area (Å²) in [6.45, 7) is 19.2. The molecule has 1 aromatic rings. The molecule has 2 saturated carbocycles. The topological polar surface area (TPSA) is 206 Å². The van der Waals surface area contributed by atoms with Gasteiger partial charge < -0.3 is 65.0 Å². The molecule has 4 aliphatic heterocycles. The number of nitrogens with zero attached hydrogens (tertiary/aromatic N) is 4. The third-order valence-electron chi connectivity index (χ3n) is 26.5. The molecule has 0 bridgehead atoms. The molecule has 21 heteroatoms. The van der Waals surface area contributed by atoms with Crippen molar-refractivity contribution >= 4 is 29.2 Å². The number of hydrogen-bond donors (Lipinski definition) is 8. The summed E-state index contributed by atoms with van der Waals surface area (Å²) in [4.78, 5) is 23.3. The number of unbranched alkanes of at least 4 members (excludes halogenated alkanes) is 1. The number of halogens is 2. The quantitative estimate of drug-likeness (QED) is 0.0100. The van der Waals surface area contributed by atoms with Gasteiger partial charge in [0.25, 0.3) is 0 Å². The fraction of sp³-hybridized carbons (Fsp3) is 0.626. The highest BCUT2D eigenvalue weighted by Gasteiger charge is 2.48. The fourth-order valence-electron chi connectivity index (χ4n) is 19.8. The van der Waals surface area contributed by atoms with Crippen LogP contribution in [0, 0.1) is 34.0 Å². The van der Waals surface area contributed by atoms with Crippen LogP contribution in [0.2, 0.25) is 0 Å². The third-order valence-corrected chi connectivity index (χ3v) is 27.1. The van der Waals surface area contributed by atoms with Crippen molar-refractivity contribution in [3.05, 3.63) is 215 Å². The van der Waals surface area contributed by atoms with Crippen molar-refractivity contribution in [2.75, 3.05) is 125 Å². The van der Waals surface area contributed by atoms with Gasteiger partial charge in [0, 0.05) is 119 Å². The average Bonchev–Trinajstić information content (AvgIpc) is 0.774. The molecule has 0 spiro atoms. The molecular formula is C99H145Cl2N9O10. The van der Waals surface area contributed by atoms with Gasteiger partial charge in [-0.1, -0.05) is 201 Å². The predicted molar refractivity (Wildman–Crippen MR) is 485 cm³/mol. The summed E-state index contributed by atoms with van der Waals surface area (Å²) in [6, 6.07) is 10.9. The van der Waals surface area contributed by atoms with Gasteiger partial charge in [-0.05, 0) is 208 Å². The van der Waals surface area contributed by atoms with E-state index in [1.165, 1.54) is 36.0 Å². The molecule has 12 rings (SSSR count). The number of alkyl halides is 1. The highest BCUT2D eigenvalue weighted by atomic mass is 35.5. The van der Waals surface area contributed by atoms with E-state index in [9.17, 15) is 20.1 Å². The maximum absolute atomic E-state index is 13.0. The van der Waals surface area contributed by atoms with Gasteiger partial charge in [-0.3, -0.25) is 29.7 Å². The second-order valence-electron chi connectivity index (χ2n) is 36.1. The number of esters is 1. The lowest BCUT2D eigenvalue weighted by atomic mass is 9.65. The van der Waals surface area contributed by atoms with Gasteiger partial charge in [-0.2, -0.15) is 0 Å². The zero-order valence-electron chi connectivity index (χ0n) is 72.4. The first-order valence-electron chi connectivity index (χ1n) is 46.0. The lowest BCUT2D eigenvalue weighted by molar-refractivity contribution is -0.157. The van der Waals surface area contributed by atoms with Crippen LogP contribution in [-0.2, 0) is 39.8 Å². The highest BCUT2D eigenvalue weighted by Crippen LogP contribution is 2.52. The van der Waals surface area contributed by atoms with Crippen molar-refractivity contribution in [3.63, 3.8) is 0 Å². The van der Waals surface area contributed by atoms with E-state index in [-0.39, 0.29) is 66.2 Å². The molecule has 11 aliphatic rings. The van der Waals surface area contributed by atoms with Gasteiger partial charge in [0.15, 0.2) is 6.29 Å². The van der Waals surface area contributed by atoms with Crippen molar-refractivity contribution in [2.45, 2.75) is 236 Å². The van der Waals surface area contributed by atoms with Crippen LogP contribution in [0.5, 0.6) is 0 Å². The Hall–Kier alpha value is -5.79. The number of allylic oxidation sites excluding steroid dienone is 13. The Kier molecular flexibility index (Phi) is 38.3. The van der Waals surface area contributed by atoms with Crippen molar-refractivity contribution < 1.29 is 48.5 Å². The molecule has 0 amide bonds. The van der Waals surface area contributed by atoms with E-state index in [2.05, 4.69) is 187 Å². The van der Waals surface area contributed by atoms with Crippen molar-refractivity contribution in [2.24, 2.45) is 34.0 Å². The Morgan fingerprint density at radius 3 is 2.02 bits per heavy atom. The van der Waals surface area contributed by atoms with Crippen LogP contribution in [-0.4, -0.2) is 226 Å². The van der Waals surface area contributed by atoms with E-state index in [4.69, 9.17) is 51.6 Å². The molecular weight excluding hydrogens is 1550 g/mol. The van der Waals surface area contributed by atoms with Crippen LogP contribution in [0.4, 0.5) is 0 Å². The highest BCUT2D eigenvalue weighted by molar-refractivity contribution is 6.29. The Morgan fingerprint density at radius 2 is 1.38 bits per heavy atom. The van der Waals surface area contributed by atoms with E-state index in [1.807, 2.05) is 56.3 Å². The molecule has 4 heterocycles. The van der Waals surface area contributed by atoms with Gasteiger partial charge in [0.05, 0.1) is 62.0 Å². The van der Waals surface area contributed by atoms with Crippen LogP contribution < -0.4 is 26.6 Å². The number of nitrogens with one attached hydrogen (secondary N) is 5. The molecule has 7 aliphatic carbocycles. The number of rotatable bonds is 49. The van der Waals surface area contributed by atoms with Crippen molar-refractivity contribution in [1.29, 1.82) is 0 Å². The Balaban J connectivity index is 0.633. The summed E-state index contributed by atoms with van der Waals surface area (Å²) in [7, 11) is 0. The molecule has 2 fully saturated rings. The summed E-state index contributed by atoms with van der Waals surface area (Å²) < 4.78 is 38.3. The standard InChI is InChI=1S/C99H145Cl2N9O10/c1-4-117-95(99(48-16-7-17-49-99)84-40-44-86(101)45-41-84)110(56-22-23-58-118-91-65-79(67-107(71-87-26-10-18-51-102-87)72-88-27-11-19-52-103-88)64-80(66-91)68-108(73-89-28-12-20-53-104-89)74-90-29-13-21-54-105-90)70-77-30-34-81(35-31-77)92(111)106-55-60-115-62-63-116-61-57-109(94(113)98(46-14-6-15-47-98)83-38-42-85(100)43-39-83)69-76-32-36-82(37-33-76)93(112)119-59-50-97(2,3)96(114)120-75-78-24-8-5-9-25-78/h5,8-12,18-19,21,24-28,30,32,34-40,42,44,51-52,54,66,76-77,79,85,87-95,102-106,111-113H,4,6-7,13-17,20,22-23,29,31,33,41,43,45-50,53,55-65,67-75H2,1-3H3. The van der Waals surface area contributed by atoms with E-state index in [0.29, 0.717) is 95.7 Å². The summed E-state index contributed by atoms with van der Waals surface area (Å²) in [5, 5.41) is 54.5. The van der Waals surface area contributed by atoms with E-state index in [1.54, 1.807) is 0 Å². The maximum Gasteiger partial charge on any atom is 0.311 e. The van der Waals surface area contributed by atoms with Gasteiger partial charge >= 0.3 is 5.97 Å². The van der Waals surface area contributed by atoms with Crippen LogP contribution in [0.3, 0.4) is 0 Å². The SMILES string of the molecule is CCOC(N(CCCCOC1C=C(CN(CC2C=CCCN2)CC2CCC=CN2)CC(CN(CC2C=CC=CN2)CC2C=CC=CN2)C1)CC1C=CC(C(O)NCCOCCOCCN(CC2C=CC(C(O)OCCC(C)(C)C(=O)OCc3ccccc3)=CC2)C(O)C2(C3=CCC(Cl)C=C3)CCCCC2)=CC1)C1(C2=CC=C(Cl)CC2)CCCCC1. The van der Waals surface area contributed by atoms with Gasteiger partial charge in [-0.15, -0.1) is 11.6 Å². The van der Waals surface area contributed by atoms with E-state index < -0.39 is 29.6 Å². The Morgan fingerprint density at radius 1 is 0.658 bits per heavy atom. The second-order valence-corrected chi connectivity index (χ2v) is 37.2. The van der Waals surface area contributed by atoms with Crippen LogP contribution in [0.15, 0.2) is 209 Å². The molecule has 0 radical (unpaired) electrons. The van der Waals surface area contributed by atoms with Crippen molar-refractivity contribution in [1.82, 2.24) is 46.2 Å². The molecule has 13 atom stereocenters. The minimum atomic E-state index is -1.14. The van der Waals surface area contributed by atoms with E-state index in [0.717, 1.165) is 191 Å². The molecule has 0 saturated heterocycles. The smallest absolute Gasteiger partial charge is 0.311 e. The first-order chi connectivity index (χ1) is 58.6. The van der Waals surface area contributed by atoms with E-state index >= 15 is 0 Å². The number of benzene rings is 1. The number of dihydropyridines is 2. The van der Waals surface area contributed by atoms with Crippen LogP contribution in [0.25, 0.3) is 0 Å². The number of aliphatic hydroxyl groups is 3. The molecule has 8 N–H and O–H groups in total. The molecule has 660 valence electrons. The molecule has 13 unspecified atom stereocenters. The summed E-state index contributed by atoms with van der Waals surface area (Å²) >= 11 is 13.3. The van der Waals surface area contributed by atoms with Crippen LogP contribution >= 0.6 is 23.2 Å². The number of carbonyl (C=O) groups excluding carboxylic acids is 1. The first-order valence-corrected chi connectivity index (χ1v) is 46.9. The summed E-state index contributed by atoms with van der Waals surface area (Å²) in [5.41, 5.74) is 5.27. The molecule has 19 nitrogen and oxygen atoms in total. The molecule has 0 aromatic heterocycles. The number of carbonyl (C=O) groups is 1. The zero-order valence-corrected chi connectivity index (χ0v) is 73.9. The van der Waals surface area contributed by atoms with Gasteiger partial charge in [-0.25, -0.2) is 0 Å². The van der Waals surface area contributed by atoms with Crippen LogP contribution in [0.1, 0.15) is 174 Å². The third kappa shape index (κ3) is 28.9. The number of hydrogen-bond acceptors (Lipinski definition) is 19. The fourth-order valence-corrected chi connectivity index (χ4v) is 20.1. The minimum absolute atomic E-state index is 0.0268. The Bertz CT molecular complexity index is 3760. The average molecular weight is 1690 g/mol. The van der Waals surface area contributed by atoms with Crippen molar-refractivity contribution in [3.8, 4) is 0 Å².